The lowest BCUT2D eigenvalue weighted by Gasteiger charge is -2.45. The Morgan fingerprint density at radius 3 is 2.74 bits per heavy atom. The molecule has 1 unspecified atom stereocenters. The van der Waals surface area contributed by atoms with Gasteiger partial charge in [-0.2, -0.15) is 0 Å². The predicted octanol–water partition coefficient (Wildman–Crippen LogP) is 2.38. The van der Waals surface area contributed by atoms with Crippen LogP contribution in [0, 0.1) is 11.8 Å². The van der Waals surface area contributed by atoms with Crippen LogP contribution < -0.4 is 11.1 Å². The molecule has 1 aliphatic heterocycles. The highest BCUT2D eigenvalue weighted by molar-refractivity contribution is 5.91. The van der Waals surface area contributed by atoms with Crippen LogP contribution >= 0.6 is 0 Å². The first kappa shape index (κ1) is 13.6. The fourth-order valence-corrected chi connectivity index (χ4v) is 4.73. The molecular formula is C16H28N2O. The van der Waals surface area contributed by atoms with Crippen LogP contribution in [0.1, 0.15) is 65.2 Å². The summed E-state index contributed by atoms with van der Waals surface area (Å²) in [6.45, 7) is 4.63. The Bertz CT molecular complexity index is 379. The highest BCUT2D eigenvalue weighted by atomic mass is 16.1. The molecule has 0 aromatic rings. The molecule has 4 atom stereocenters. The number of carbonyl (C=O) groups is 1. The average Bonchev–Trinajstić information content (AvgIpc) is 2.67. The van der Waals surface area contributed by atoms with Gasteiger partial charge in [0.05, 0.1) is 5.54 Å². The molecular weight excluding hydrogens is 236 g/mol. The van der Waals surface area contributed by atoms with Crippen LogP contribution in [0.2, 0.25) is 0 Å². The van der Waals surface area contributed by atoms with Crippen molar-refractivity contribution >= 4 is 5.78 Å². The number of Topliss-reactive ketones (excluding diaryl/α,β-unsaturated/α-hetero) is 1. The molecule has 2 bridgehead atoms. The number of hydrogen-bond donors (Lipinski definition) is 2. The van der Waals surface area contributed by atoms with Crippen LogP contribution in [0.5, 0.6) is 0 Å². The number of nitrogens with one attached hydrogen (secondary N) is 1. The highest BCUT2D eigenvalue weighted by Crippen LogP contribution is 2.43. The molecule has 3 aliphatic rings. The second-order valence-corrected chi connectivity index (χ2v) is 7.68. The standard InChI is InChI=1S/C16H28N2O/c1-15(2)11-6-3-4-9-16(17,10-11)14(19)12-7-5-8-13(12)18-15/h11-13,18H,3-10,17H2,1-2H3/t11-,12-,13+,16?/m0/s1. The van der Waals surface area contributed by atoms with Gasteiger partial charge in [-0.3, -0.25) is 4.79 Å². The molecule has 1 saturated heterocycles. The van der Waals surface area contributed by atoms with Gasteiger partial charge < -0.3 is 11.1 Å². The van der Waals surface area contributed by atoms with E-state index in [0.717, 1.165) is 32.1 Å². The maximum absolute atomic E-state index is 12.9. The normalized spacial score (nSPS) is 46.1. The zero-order valence-corrected chi connectivity index (χ0v) is 12.4. The molecule has 3 N–H and O–H groups in total. The molecule has 0 aromatic carbocycles. The van der Waals surface area contributed by atoms with Gasteiger partial charge in [0, 0.05) is 17.5 Å². The van der Waals surface area contributed by atoms with Gasteiger partial charge in [0.2, 0.25) is 0 Å². The Kier molecular flexibility index (Phi) is 3.25. The average molecular weight is 264 g/mol. The predicted molar refractivity (Wildman–Crippen MR) is 76.8 cm³/mol. The molecule has 1 heterocycles. The van der Waals surface area contributed by atoms with Crippen molar-refractivity contribution in [1.82, 2.24) is 5.32 Å². The van der Waals surface area contributed by atoms with Gasteiger partial charge in [0.15, 0.2) is 5.78 Å². The van der Waals surface area contributed by atoms with Crippen LogP contribution in [-0.2, 0) is 4.79 Å². The highest BCUT2D eigenvalue weighted by Gasteiger charge is 2.50. The van der Waals surface area contributed by atoms with Gasteiger partial charge in [-0.05, 0) is 51.9 Å². The maximum atomic E-state index is 12.9. The third kappa shape index (κ3) is 2.25. The molecule has 108 valence electrons. The molecule has 3 nitrogen and oxygen atoms in total. The second-order valence-electron chi connectivity index (χ2n) is 7.68. The molecule has 2 saturated carbocycles. The van der Waals surface area contributed by atoms with E-state index in [1.807, 2.05) is 0 Å². The maximum Gasteiger partial charge on any atom is 0.157 e. The van der Waals surface area contributed by atoms with E-state index in [0.29, 0.717) is 17.7 Å². The van der Waals surface area contributed by atoms with Crippen LogP contribution in [0.25, 0.3) is 0 Å². The largest absolute Gasteiger partial charge is 0.319 e. The van der Waals surface area contributed by atoms with Gasteiger partial charge in [0.1, 0.15) is 0 Å². The van der Waals surface area contributed by atoms with Crippen molar-refractivity contribution in [3.63, 3.8) is 0 Å². The number of ketones is 1. The number of hydrogen-bond acceptors (Lipinski definition) is 3. The molecule has 2 aliphatic carbocycles. The second kappa shape index (κ2) is 4.56. The molecule has 19 heavy (non-hydrogen) atoms. The van der Waals surface area contributed by atoms with Crippen molar-refractivity contribution < 1.29 is 4.79 Å². The number of rotatable bonds is 0. The van der Waals surface area contributed by atoms with Gasteiger partial charge in [0.25, 0.3) is 0 Å². The minimum absolute atomic E-state index is 0.114. The summed E-state index contributed by atoms with van der Waals surface area (Å²) >= 11 is 0. The molecule has 3 fully saturated rings. The number of nitrogens with two attached hydrogens (primary N) is 1. The fraction of sp³-hybridized carbons (Fsp3) is 0.938. The summed E-state index contributed by atoms with van der Waals surface area (Å²) in [5.41, 5.74) is 6.19. The third-order valence-corrected chi connectivity index (χ3v) is 5.96. The van der Waals surface area contributed by atoms with Gasteiger partial charge in [-0.1, -0.05) is 19.3 Å². The topological polar surface area (TPSA) is 55.1 Å². The van der Waals surface area contributed by atoms with Gasteiger partial charge >= 0.3 is 0 Å². The summed E-state index contributed by atoms with van der Waals surface area (Å²) in [7, 11) is 0. The van der Waals surface area contributed by atoms with E-state index in [1.54, 1.807) is 0 Å². The molecule has 3 heteroatoms. The van der Waals surface area contributed by atoms with Crippen molar-refractivity contribution in [2.75, 3.05) is 0 Å². The Morgan fingerprint density at radius 1 is 1.16 bits per heavy atom. The van der Waals surface area contributed by atoms with Crippen LogP contribution in [0.15, 0.2) is 0 Å². The molecule has 3 rings (SSSR count). The van der Waals surface area contributed by atoms with Gasteiger partial charge in [-0.25, -0.2) is 0 Å². The van der Waals surface area contributed by atoms with Crippen molar-refractivity contribution in [3.05, 3.63) is 0 Å². The van der Waals surface area contributed by atoms with Crippen LogP contribution in [0.3, 0.4) is 0 Å². The Morgan fingerprint density at radius 2 is 1.95 bits per heavy atom. The summed E-state index contributed by atoms with van der Waals surface area (Å²) in [6.07, 6.45) is 8.69. The van der Waals surface area contributed by atoms with E-state index in [4.69, 9.17) is 5.73 Å². The fourth-order valence-electron chi connectivity index (χ4n) is 4.73. The lowest BCUT2D eigenvalue weighted by atomic mass is 9.70. The zero-order chi connectivity index (χ0) is 13.7. The van der Waals surface area contributed by atoms with Crippen molar-refractivity contribution in [2.24, 2.45) is 17.6 Å². The zero-order valence-electron chi connectivity index (χ0n) is 12.4. The Labute approximate surface area is 116 Å². The summed E-state index contributed by atoms with van der Waals surface area (Å²) in [5, 5.41) is 3.81. The molecule has 0 radical (unpaired) electrons. The van der Waals surface area contributed by atoms with E-state index in [2.05, 4.69) is 19.2 Å². The van der Waals surface area contributed by atoms with Crippen molar-refractivity contribution in [3.8, 4) is 0 Å². The van der Waals surface area contributed by atoms with E-state index >= 15 is 0 Å². The van der Waals surface area contributed by atoms with Crippen LogP contribution in [-0.4, -0.2) is 22.9 Å². The van der Waals surface area contributed by atoms with Gasteiger partial charge in [-0.15, -0.1) is 0 Å². The molecule has 0 spiro atoms. The molecule has 0 aromatic heterocycles. The van der Waals surface area contributed by atoms with E-state index in [1.165, 1.54) is 19.3 Å². The lowest BCUT2D eigenvalue weighted by molar-refractivity contribution is -0.131. The van der Waals surface area contributed by atoms with Crippen molar-refractivity contribution in [2.45, 2.75) is 82.3 Å². The summed E-state index contributed by atoms with van der Waals surface area (Å²) in [6, 6.07) is 0.367. The first-order valence-corrected chi connectivity index (χ1v) is 8.03. The minimum Gasteiger partial charge on any atom is -0.319 e. The lowest BCUT2D eigenvalue weighted by Crippen LogP contribution is -2.62. The van der Waals surface area contributed by atoms with Crippen molar-refractivity contribution in [1.29, 1.82) is 0 Å². The Hall–Kier alpha value is -0.410. The monoisotopic (exact) mass is 264 g/mol. The Balaban J connectivity index is 1.99. The van der Waals surface area contributed by atoms with E-state index in [-0.39, 0.29) is 11.5 Å². The van der Waals surface area contributed by atoms with E-state index in [9.17, 15) is 4.79 Å². The number of carbonyl (C=O) groups excluding carboxylic acids is 1. The summed E-state index contributed by atoms with van der Waals surface area (Å²) in [4.78, 5) is 12.9. The summed E-state index contributed by atoms with van der Waals surface area (Å²) in [5.74, 6) is 1.07. The SMILES string of the molecule is CC1(C)N[C@@H]2CCC[C@@H]2C(=O)C2(N)CCCC[C@H]1C2. The third-order valence-electron chi connectivity index (χ3n) is 5.96. The van der Waals surface area contributed by atoms with E-state index < -0.39 is 5.54 Å². The quantitative estimate of drug-likeness (QED) is 0.706. The molecule has 0 amide bonds. The first-order chi connectivity index (χ1) is 8.92. The smallest absolute Gasteiger partial charge is 0.157 e. The minimum atomic E-state index is -0.534. The number of fused-ring (bicyclic) bond motifs is 3. The summed E-state index contributed by atoms with van der Waals surface area (Å²) < 4.78 is 0. The first-order valence-electron chi connectivity index (χ1n) is 8.03. The van der Waals surface area contributed by atoms with Crippen LogP contribution in [0.4, 0.5) is 0 Å².